The first-order valence-corrected chi connectivity index (χ1v) is 5.01. The van der Waals surface area contributed by atoms with Gasteiger partial charge in [-0.1, -0.05) is 0 Å². The molecule has 0 spiro atoms. The number of anilines is 1. The molecule has 80 valence electrons. The molecule has 0 radical (unpaired) electrons. The Morgan fingerprint density at radius 1 is 1.33 bits per heavy atom. The van der Waals surface area contributed by atoms with E-state index in [0.717, 1.165) is 18.6 Å². The van der Waals surface area contributed by atoms with Gasteiger partial charge < -0.3 is 0 Å². The number of aromatic nitrogens is 3. The van der Waals surface area contributed by atoms with Crippen LogP contribution in [0.2, 0.25) is 0 Å². The van der Waals surface area contributed by atoms with E-state index >= 15 is 0 Å². The molecular formula is C9H13N5O. The van der Waals surface area contributed by atoms with E-state index in [9.17, 15) is 4.79 Å². The van der Waals surface area contributed by atoms with Crippen LogP contribution in [0.15, 0.2) is 9.90 Å². The Hall–Kier alpha value is -1.72. The Labute approximate surface area is 86.8 Å². The van der Waals surface area contributed by atoms with Gasteiger partial charge in [0.2, 0.25) is 5.95 Å². The molecule has 2 rings (SSSR count). The van der Waals surface area contributed by atoms with Crippen LogP contribution >= 0.6 is 0 Å². The fraction of sp³-hybridized carbons (Fsp3) is 0.556. The highest BCUT2D eigenvalue weighted by atomic mass is 16.1. The Bertz CT molecular complexity index is 428. The summed E-state index contributed by atoms with van der Waals surface area (Å²) in [4.78, 5) is 13.7. The summed E-state index contributed by atoms with van der Waals surface area (Å²) in [5.74, 6) is 0.296. The van der Waals surface area contributed by atoms with Crippen molar-refractivity contribution in [1.82, 2.24) is 15.2 Å². The molecule has 0 amide bonds. The standard InChI is InChI=1S/C9H13N5O/c1-6-8(15)10-9(13-11-6)14-12-7-4-2-3-5-7/h2-5H2,1H3,(H2,10,13,14,15). The molecule has 1 fully saturated rings. The Kier molecular flexibility index (Phi) is 2.75. The first-order valence-electron chi connectivity index (χ1n) is 5.01. The highest BCUT2D eigenvalue weighted by Gasteiger charge is 2.08. The van der Waals surface area contributed by atoms with Gasteiger partial charge in [0, 0.05) is 5.71 Å². The monoisotopic (exact) mass is 207 g/mol. The third kappa shape index (κ3) is 2.39. The van der Waals surface area contributed by atoms with Crippen molar-refractivity contribution in [3.8, 4) is 0 Å². The predicted octanol–water partition coefficient (Wildman–Crippen LogP) is 0.815. The molecule has 0 bridgehead atoms. The molecule has 0 atom stereocenters. The minimum atomic E-state index is -0.237. The molecule has 0 aliphatic heterocycles. The average molecular weight is 207 g/mol. The van der Waals surface area contributed by atoms with Gasteiger partial charge in [0.1, 0.15) is 5.69 Å². The largest absolute Gasteiger partial charge is 0.288 e. The first kappa shape index (κ1) is 9.82. The molecule has 1 aliphatic carbocycles. The minimum absolute atomic E-state index is 0.237. The summed E-state index contributed by atoms with van der Waals surface area (Å²) in [6, 6.07) is 0. The second-order valence-electron chi connectivity index (χ2n) is 3.59. The number of nitrogens with one attached hydrogen (secondary N) is 2. The van der Waals surface area contributed by atoms with Crippen molar-refractivity contribution in [3.05, 3.63) is 16.0 Å². The average Bonchev–Trinajstić information content (AvgIpc) is 2.73. The molecule has 0 saturated heterocycles. The molecule has 1 heterocycles. The van der Waals surface area contributed by atoms with E-state index < -0.39 is 0 Å². The lowest BCUT2D eigenvalue weighted by Crippen LogP contribution is -2.15. The quantitative estimate of drug-likeness (QED) is 0.703. The summed E-state index contributed by atoms with van der Waals surface area (Å²) >= 11 is 0. The van der Waals surface area contributed by atoms with E-state index in [0.29, 0.717) is 11.6 Å². The van der Waals surface area contributed by atoms with Gasteiger partial charge >= 0.3 is 0 Å². The topological polar surface area (TPSA) is 83.0 Å². The lowest BCUT2D eigenvalue weighted by Gasteiger charge is -1.99. The Morgan fingerprint density at radius 2 is 2.07 bits per heavy atom. The predicted molar refractivity (Wildman–Crippen MR) is 56.9 cm³/mol. The number of aryl methyl sites for hydroxylation is 1. The number of hydrogen-bond acceptors (Lipinski definition) is 5. The summed E-state index contributed by atoms with van der Waals surface area (Å²) in [6.45, 7) is 1.61. The van der Waals surface area contributed by atoms with Gasteiger partial charge in [-0.2, -0.15) is 5.10 Å². The van der Waals surface area contributed by atoms with E-state index in [1.165, 1.54) is 12.8 Å². The van der Waals surface area contributed by atoms with Gasteiger partial charge in [-0.15, -0.1) is 10.2 Å². The zero-order valence-corrected chi connectivity index (χ0v) is 8.58. The molecule has 15 heavy (non-hydrogen) atoms. The van der Waals surface area contributed by atoms with Crippen LogP contribution < -0.4 is 11.0 Å². The molecule has 0 unspecified atom stereocenters. The van der Waals surface area contributed by atoms with E-state index in [1.807, 2.05) is 0 Å². The lowest BCUT2D eigenvalue weighted by atomic mass is 10.3. The molecule has 6 nitrogen and oxygen atoms in total. The normalized spacial score (nSPS) is 15.4. The number of hydrogen-bond donors (Lipinski definition) is 2. The summed E-state index contributed by atoms with van der Waals surface area (Å²) in [6.07, 6.45) is 4.43. The van der Waals surface area contributed by atoms with Crippen LogP contribution in [0, 0.1) is 6.92 Å². The van der Waals surface area contributed by atoms with Crippen LogP contribution in [0.5, 0.6) is 0 Å². The van der Waals surface area contributed by atoms with Gasteiger partial charge in [-0.3, -0.25) is 9.78 Å². The van der Waals surface area contributed by atoms with Crippen molar-refractivity contribution in [2.75, 3.05) is 5.43 Å². The number of nitrogens with zero attached hydrogens (tertiary/aromatic N) is 3. The van der Waals surface area contributed by atoms with Gasteiger partial charge in [0.05, 0.1) is 0 Å². The van der Waals surface area contributed by atoms with Crippen molar-refractivity contribution in [3.63, 3.8) is 0 Å². The van der Waals surface area contributed by atoms with Crippen LogP contribution in [0.4, 0.5) is 5.95 Å². The molecule has 2 N–H and O–H groups in total. The molecule has 0 aromatic carbocycles. The number of aromatic amines is 1. The lowest BCUT2D eigenvalue weighted by molar-refractivity contribution is 0.886. The van der Waals surface area contributed by atoms with Gasteiger partial charge in [-0.05, 0) is 32.6 Å². The molecular weight excluding hydrogens is 194 g/mol. The van der Waals surface area contributed by atoms with Gasteiger partial charge in [0.15, 0.2) is 0 Å². The van der Waals surface area contributed by atoms with E-state index in [2.05, 4.69) is 25.7 Å². The fourth-order valence-corrected chi connectivity index (χ4v) is 1.47. The smallest absolute Gasteiger partial charge is 0.274 e. The number of H-pyrrole nitrogens is 1. The summed E-state index contributed by atoms with van der Waals surface area (Å²) in [5, 5.41) is 11.6. The molecule has 1 aliphatic rings. The third-order valence-electron chi connectivity index (χ3n) is 2.36. The Morgan fingerprint density at radius 3 is 2.73 bits per heavy atom. The van der Waals surface area contributed by atoms with Crippen molar-refractivity contribution in [2.24, 2.45) is 5.10 Å². The van der Waals surface area contributed by atoms with E-state index in [-0.39, 0.29) is 5.56 Å². The maximum atomic E-state index is 11.2. The summed E-state index contributed by atoms with van der Waals surface area (Å²) in [5.41, 5.74) is 3.96. The van der Waals surface area contributed by atoms with Crippen molar-refractivity contribution < 1.29 is 0 Å². The second-order valence-corrected chi connectivity index (χ2v) is 3.59. The van der Waals surface area contributed by atoms with Crippen molar-refractivity contribution in [1.29, 1.82) is 0 Å². The highest BCUT2D eigenvalue weighted by Crippen LogP contribution is 2.14. The van der Waals surface area contributed by atoms with Crippen LogP contribution in [0.1, 0.15) is 31.4 Å². The van der Waals surface area contributed by atoms with Crippen molar-refractivity contribution in [2.45, 2.75) is 32.6 Å². The summed E-state index contributed by atoms with van der Waals surface area (Å²) in [7, 11) is 0. The maximum absolute atomic E-state index is 11.2. The number of hydrazone groups is 1. The van der Waals surface area contributed by atoms with E-state index in [1.54, 1.807) is 6.92 Å². The first-order chi connectivity index (χ1) is 7.25. The van der Waals surface area contributed by atoms with Crippen LogP contribution in [0.25, 0.3) is 0 Å². The summed E-state index contributed by atoms with van der Waals surface area (Å²) < 4.78 is 0. The van der Waals surface area contributed by atoms with Crippen molar-refractivity contribution >= 4 is 11.7 Å². The SMILES string of the molecule is Cc1nnc(NN=C2CCCC2)[nH]c1=O. The second kappa shape index (κ2) is 4.20. The highest BCUT2D eigenvalue weighted by molar-refractivity contribution is 5.86. The van der Waals surface area contributed by atoms with Crippen LogP contribution in [-0.4, -0.2) is 20.9 Å². The molecule has 1 aromatic heterocycles. The van der Waals surface area contributed by atoms with Gasteiger partial charge in [-0.25, -0.2) is 5.43 Å². The molecule has 1 saturated carbocycles. The van der Waals surface area contributed by atoms with E-state index in [4.69, 9.17) is 0 Å². The Balaban J connectivity index is 2.07. The zero-order chi connectivity index (χ0) is 10.7. The maximum Gasteiger partial charge on any atom is 0.274 e. The van der Waals surface area contributed by atoms with Crippen LogP contribution in [0.3, 0.4) is 0 Å². The van der Waals surface area contributed by atoms with Crippen LogP contribution in [-0.2, 0) is 0 Å². The third-order valence-corrected chi connectivity index (χ3v) is 2.36. The minimum Gasteiger partial charge on any atom is -0.288 e. The molecule has 1 aromatic rings. The zero-order valence-electron chi connectivity index (χ0n) is 8.58. The molecule has 6 heteroatoms. The number of rotatable bonds is 2. The fourth-order valence-electron chi connectivity index (χ4n) is 1.47. The van der Waals surface area contributed by atoms with Gasteiger partial charge in [0.25, 0.3) is 5.56 Å².